The highest BCUT2D eigenvalue weighted by Gasteiger charge is 2.28. The predicted octanol–water partition coefficient (Wildman–Crippen LogP) is 3.48. The summed E-state index contributed by atoms with van der Waals surface area (Å²) in [4.78, 5) is 11.9. The first kappa shape index (κ1) is 12.8. The minimum Gasteiger partial charge on any atom is -0.348 e. The minimum absolute atomic E-state index is 0.0447. The fourth-order valence-corrected chi connectivity index (χ4v) is 2.90. The van der Waals surface area contributed by atoms with Crippen molar-refractivity contribution in [1.82, 2.24) is 5.32 Å². The molecule has 0 heterocycles. The molecule has 0 spiro atoms. The van der Waals surface area contributed by atoms with Crippen LogP contribution in [0, 0.1) is 5.82 Å². The van der Waals surface area contributed by atoms with Crippen LogP contribution in [0.2, 0.25) is 0 Å². The van der Waals surface area contributed by atoms with Gasteiger partial charge in [-0.3, -0.25) is 4.79 Å². The number of carbonyl (C=O) groups is 1. The summed E-state index contributed by atoms with van der Waals surface area (Å²) in [6.07, 6.45) is 2.74. The van der Waals surface area contributed by atoms with Gasteiger partial charge in [0.1, 0.15) is 5.82 Å². The van der Waals surface area contributed by atoms with Crippen molar-refractivity contribution in [3.05, 3.63) is 34.1 Å². The molecule has 1 aliphatic rings. The van der Waals surface area contributed by atoms with E-state index >= 15 is 0 Å². The number of nitrogens with one attached hydrogen (secondary N) is 1. The first-order valence-corrected chi connectivity index (χ1v) is 6.71. The molecular formula is C12H12BrClFNO. The lowest BCUT2D eigenvalue weighted by Crippen LogP contribution is -2.38. The molecule has 2 atom stereocenters. The maximum absolute atomic E-state index is 13.5. The van der Waals surface area contributed by atoms with Crippen LogP contribution in [0.4, 0.5) is 4.39 Å². The second kappa shape index (κ2) is 5.36. The van der Waals surface area contributed by atoms with Crippen LogP contribution in [0.5, 0.6) is 0 Å². The predicted molar refractivity (Wildman–Crippen MR) is 68.8 cm³/mol. The highest BCUT2D eigenvalue weighted by molar-refractivity contribution is 9.10. The zero-order chi connectivity index (χ0) is 12.4. The lowest BCUT2D eigenvalue weighted by molar-refractivity contribution is 0.0933. The van der Waals surface area contributed by atoms with Crippen molar-refractivity contribution in [2.24, 2.45) is 0 Å². The van der Waals surface area contributed by atoms with E-state index < -0.39 is 11.7 Å². The number of halogens is 3. The van der Waals surface area contributed by atoms with Crippen molar-refractivity contribution < 1.29 is 9.18 Å². The molecule has 2 rings (SSSR count). The van der Waals surface area contributed by atoms with Gasteiger partial charge in [0.2, 0.25) is 0 Å². The first-order chi connectivity index (χ1) is 8.09. The third-order valence-electron chi connectivity index (χ3n) is 2.94. The number of rotatable bonds is 2. The van der Waals surface area contributed by atoms with E-state index in [0.29, 0.717) is 4.47 Å². The molecule has 5 heteroatoms. The molecule has 0 saturated heterocycles. The number of benzene rings is 1. The molecule has 0 aliphatic heterocycles. The van der Waals surface area contributed by atoms with Gasteiger partial charge in [0.15, 0.2) is 0 Å². The molecule has 0 aromatic heterocycles. The maximum atomic E-state index is 13.5. The average molecular weight is 321 g/mol. The topological polar surface area (TPSA) is 29.1 Å². The van der Waals surface area contributed by atoms with Crippen LogP contribution < -0.4 is 5.32 Å². The monoisotopic (exact) mass is 319 g/mol. The fourth-order valence-electron chi connectivity index (χ4n) is 2.03. The van der Waals surface area contributed by atoms with Gasteiger partial charge in [0.05, 0.1) is 10.9 Å². The van der Waals surface area contributed by atoms with Crippen molar-refractivity contribution in [2.45, 2.75) is 30.7 Å². The van der Waals surface area contributed by atoms with Crippen LogP contribution in [-0.4, -0.2) is 17.3 Å². The summed E-state index contributed by atoms with van der Waals surface area (Å²) < 4.78 is 14.0. The number of amides is 1. The van der Waals surface area contributed by atoms with Crippen LogP contribution in [0.25, 0.3) is 0 Å². The number of hydrogen-bond acceptors (Lipinski definition) is 1. The average Bonchev–Trinajstić information content (AvgIpc) is 2.64. The molecule has 0 radical (unpaired) electrons. The SMILES string of the molecule is O=C(NC1CCCC1Cl)c1c(F)cccc1Br. The van der Waals surface area contributed by atoms with E-state index in [2.05, 4.69) is 21.2 Å². The molecule has 1 saturated carbocycles. The molecule has 17 heavy (non-hydrogen) atoms. The van der Waals surface area contributed by atoms with E-state index in [9.17, 15) is 9.18 Å². The summed E-state index contributed by atoms with van der Waals surface area (Å²) in [6, 6.07) is 4.41. The van der Waals surface area contributed by atoms with Gasteiger partial charge in [-0.05, 0) is 47.3 Å². The molecule has 1 aromatic rings. The molecular weight excluding hydrogens is 308 g/mol. The lowest BCUT2D eigenvalue weighted by Gasteiger charge is -2.16. The van der Waals surface area contributed by atoms with Gasteiger partial charge in [-0.1, -0.05) is 6.07 Å². The third kappa shape index (κ3) is 2.80. The minimum atomic E-state index is -0.527. The molecule has 92 valence electrons. The van der Waals surface area contributed by atoms with Crippen LogP contribution in [0.15, 0.2) is 22.7 Å². The third-order valence-corrected chi connectivity index (χ3v) is 4.12. The van der Waals surface area contributed by atoms with Crippen LogP contribution in [0.1, 0.15) is 29.6 Å². The summed E-state index contributed by atoms with van der Waals surface area (Å²) in [5.74, 6) is -0.937. The zero-order valence-corrected chi connectivity index (χ0v) is 11.4. The molecule has 1 amide bonds. The maximum Gasteiger partial charge on any atom is 0.255 e. The molecule has 2 nitrogen and oxygen atoms in total. The molecule has 2 unspecified atom stereocenters. The number of alkyl halides is 1. The Morgan fingerprint density at radius 2 is 2.24 bits per heavy atom. The largest absolute Gasteiger partial charge is 0.348 e. The summed E-state index contributed by atoms with van der Waals surface area (Å²) in [7, 11) is 0. The van der Waals surface area contributed by atoms with E-state index in [0.717, 1.165) is 19.3 Å². The Balaban J connectivity index is 2.14. The second-order valence-corrected chi connectivity index (χ2v) is 5.54. The first-order valence-electron chi connectivity index (χ1n) is 5.48. The van der Waals surface area contributed by atoms with E-state index in [4.69, 9.17) is 11.6 Å². The molecule has 1 aromatic carbocycles. The number of carbonyl (C=O) groups excluding carboxylic acids is 1. The van der Waals surface area contributed by atoms with Gasteiger partial charge in [-0.2, -0.15) is 0 Å². The van der Waals surface area contributed by atoms with Crippen LogP contribution >= 0.6 is 27.5 Å². The lowest BCUT2D eigenvalue weighted by atomic mass is 10.1. The van der Waals surface area contributed by atoms with Crippen molar-refractivity contribution in [1.29, 1.82) is 0 Å². The highest BCUT2D eigenvalue weighted by Crippen LogP contribution is 2.25. The number of hydrogen-bond donors (Lipinski definition) is 1. The summed E-state index contributed by atoms with van der Waals surface area (Å²) in [5, 5.41) is 2.73. The zero-order valence-electron chi connectivity index (χ0n) is 9.05. The van der Waals surface area contributed by atoms with Crippen molar-refractivity contribution in [3.63, 3.8) is 0 Å². The van der Waals surface area contributed by atoms with Gasteiger partial charge < -0.3 is 5.32 Å². The van der Waals surface area contributed by atoms with E-state index in [1.165, 1.54) is 6.07 Å². The van der Waals surface area contributed by atoms with Crippen molar-refractivity contribution in [3.8, 4) is 0 Å². The Morgan fingerprint density at radius 1 is 1.47 bits per heavy atom. The van der Waals surface area contributed by atoms with Crippen molar-refractivity contribution in [2.75, 3.05) is 0 Å². The molecule has 1 N–H and O–H groups in total. The van der Waals surface area contributed by atoms with Gasteiger partial charge in [0.25, 0.3) is 5.91 Å². The second-order valence-electron chi connectivity index (χ2n) is 4.12. The van der Waals surface area contributed by atoms with Gasteiger partial charge >= 0.3 is 0 Å². The Kier molecular flexibility index (Phi) is 4.05. The Labute approximate surface area is 113 Å². The van der Waals surface area contributed by atoms with Gasteiger partial charge in [-0.15, -0.1) is 11.6 Å². The van der Waals surface area contributed by atoms with E-state index in [1.807, 2.05) is 0 Å². The van der Waals surface area contributed by atoms with Crippen molar-refractivity contribution >= 4 is 33.4 Å². The Morgan fingerprint density at radius 3 is 2.82 bits per heavy atom. The molecule has 0 bridgehead atoms. The van der Waals surface area contributed by atoms with Gasteiger partial charge in [0, 0.05) is 10.5 Å². The summed E-state index contributed by atoms with van der Waals surface area (Å²) in [5.41, 5.74) is 0.0447. The van der Waals surface area contributed by atoms with E-state index in [-0.39, 0.29) is 17.0 Å². The van der Waals surface area contributed by atoms with Crippen LogP contribution in [0.3, 0.4) is 0 Å². The Hall–Kier alpha value is -0.610. The standard InChI is InChI=1S/C12H12BrClFNO/c13-7-3-1-5-9(15)11(7)12(17)16-10-6-2-4-8(10)14/h1,3,5,8,10H,2,4,6H2,(H,16,17). The fraction of sp³-hybridized carbons (Fsp3) is 0.417. The molecule has 1 fully saturated rings. The summed E-state index contributed by atoms with van der Waals surface area (Å²) >= 11 is 9.25. The normalized spacial score (nSPS) is 23.7. The van der Waals surface area contributed by atoms with E-state index in [1.54, 1.807) is 12.1 Å². The Bertz CT molecular complexity index is 420. The quantitative estimate of drug-likeness (QED) is 0.831. The smallest absolute Gasteiger partial charge is 0.255 e. The molecule has 1 aliphatic carbocycles. The van der Waals surface area contributed by atoms with Crippen LogP contribution in [-0.2, 0) is 0 Å². The van der Waals surface area contributed by atoms with Gasteiger partial charge in [-0.25, -0.2) is 4.39 Å². The highest BCUT2D eigenvalue weighted by atomic mass is 79.9. The summed E-state index contributed by atoms with van der Waals surface area (Å²) in [6.45, 7) is 0.